The van der Waals surface area contributed by atoms with Crippen LogP contribution in [0, 0.1) is 0 Å². The molecule has 0 atom stereocenters. The molecule has 0 saturated heterocycles. The van der Waals surface area contributed by atoms with Crippen LogP contribution in [0.15, 0.2) is 0 Å². The lowest BCUT2D eigenvalue weighted by Gasteiger charge is -2.05. The van der Waals surface area contributed by atoms with Crippen molar-refractivity contribution < 1.29 is 19.5 Å². The SMILES string of the molecule is CC(=O)NCCCNC(=O)CSCC(=O)[O-]. The molecule has 0 fully saturated rings. The normalized spacial score (nSPS) is 9.56. The molecule has 0 aliphatic heterocycles. The van der Waals surface area contributed by atoms with E-state index in [1.54, 1.807) is 0 Å². The monoisotopic (exact) mass is 247 g/mol. The van der Waals surface area contributed by atoms with Crippen molar-refractivity contribution in [3.63, 3.8) is 0 Å². The summed E-state index contributed by atoms with van der Waals surface area (Å²) in [6.07, 6.45) is 0.649. The van der Waals surface area contributed by atoms with Crippen LogP contribution in [0.5, 0.6) is 0 Å². The number of aliphatic carboxylic acids is 1. The number of carboxylic acids is 1. The van der Waals surface area contributed by atoms with Crippen molar-refractivity contribution >= 4 is 29.5 Å². The summed E-state index contributed by atoms with van der Waals surface area (Å²) in [5.41, 5.74) is 0. The van der Waals surface area contributed by atoms with Crippen LogP contribution in [0.4, 0.5) is 0 Å². The molecule has 0 heterocycles. The van der Waals surface area contributed by atoms with E-state index in [0.717, 1.165) is 11.8 Å². The first-order chi connectivity index (χ1) is 7.52. The molecule has 0 aliphatic rings. The molecular weight excluding hydrogens is 232 g/mol. The fourth-order valence-electron chi connectivity index (χ4n) is 0.859. The molecular formula is C9H15N2O4S-. The predicted octanol–water partition coefficient (Wildman–Crippen LogP) is -1.89. The van der Waals surface area contributed by atoms with Gasteiger partial charge in [0.2, 0.25) is 11.8 Å². The average molecular weight is 247 g/mol. The van der Waals surface area contributed by atoms with Gasteiger partial charge in [0, 0.05) is 25.8 Å². The Balaban J connectivity index is 3.30. The maximum absolute atomic E-state index is 11.1. The predicted molar refractivity (Wildman–Crippen MR) is 58.6 cm³/mol. The van der Waals surface area contributed by atoms with Crippen molar-refractivity contribution in [3.05, 3.63) is 0 Å². The van der Waals surface area contributed by atoms with Gasteiger partial charge in [-0.15, -0.1) is 11.8 Å². The molecule has 7 heteroatoms. The number of hydrogen-bond acceptors (Lipinski definition) is 5. The smallest absolute Gasteiger partial charge is 0.230 e. The Morgan fingerprint density at radius 3 is 2.31 bits per heavy atom. The highest BCUT2D eigenvalue weighted by molar-refractivity contribution is 8.00. The first-order valence-electron chi connectivity index (χ1n) is 4.81. The second-order valence-electron chi connectivity index (χ2n) is 3.05. The lowest BCUT2D eigenvalue weighted by molar-refractivity contribution is -0.301. The van der Waals surface area contributed by atoms with E-state index in [1.165, 1.54) is 6.92 Å². The number of rotatable bonds is 8. The second kappa shape index (κ2) is 9.02. The van der Waals surface area contributed by atoms with Gasteiger partial charge < -0.3 is 20.5 Å². The lowest BCUT2D eigenvalue weighted by atomic mass is 10.4. The van der Waals surface area contributed by atoms with Gasteiger partial charge >= 0.3 is 0 Å². The third-order valence-electron chi connectivity index (χ3n) is 1.50. The Kier molecular flexibility index (Phi) is 8.32. The summed E-state index contributed by atoms with van der Waals surface area (Å²) < 4.78 is 0. The van der Waals surface area contributed by atoms with E-state index >= 15 is 0 Å². The average Bonchev–Trinajstić information content (AvgIpc) is 2.16. The zero-order valence-corrected chi connectivity index (χ0v) is 9.89. The summed E-state index contributed by atoms with van der Waals surface area (Å²) in [5, 5.41) is 15.2. The molecule has 2 amide bonds. The van der Waals surface area contributed by atoms with Crippen molar-refractivity contribution in [1.82, 2.24) is 10.6 Å². The molecule has 0 spiro atoms. The van der Waals surface area contributed by atoms with Crippen molar-refractivity contribution in [2.24, 2.45) is 0 Å². The van der Waals surface area contributed by atoms with Gasteiger partial charge in [0.25, 0.3) is 0 Å². The highest BCUT2D eigenvalue weighted by Gasteiger charge is 2.00. The first-order valence-corrected chi connectivity index (χ1v) is 5.96. The van der Waals surface area contributed by atoms with E-state index < -0.39 is 5.97 Å². The van der Waals surface area contributed by atoms with Crippen LogP contribution < -0.4 is 15.7 Å². The number of carbonyl (C=O) groups is 3. The molecule has 0 rings (SSSR count). The molecule has 0 unspecified atom stereocenters. The van der Waals surface area contributed by atoms with Crippen LogP contribution >= 0.6 is 11.8 Å². The van der Waals surface area contributed by atoms with Gasteiger partial charge in [-0.25, -0.2) is 0 Å². The number of hydrogen-bond donors (Lipinski definition) is 2. The maximum Gasteiger partial charge on any atom is 0.230 e. The Morgan fingerprint density at radius 2 is 1.75 bits per heavy atom. The molecule has 2 N–H and O–H groups in total. The topological polar surface area (TPSA) is 98.3 Å². The van der Waals surface area contributed by atoms with E-state index in [2.05, 4.69) is 10.6 Å². The number of nitrogens with one attached hydrogen (secondary N) is 2. The molecule has 0 saturated carbocycles. The summed E-state index contributed by atoms with van der Waals surface area (Å²) in [4.78, 5) is 31.6. The van der Waals surface area contributed by atoms with Crippen molar-refractivity contribution in [2.75, 3.05) is 24.6 Å². The Hall–Kier alpha value is -1.24. The van der Waals surface area contributed by atoms with Gasteiger partial charge in [-0.3, -0.25) is 9.59 Å². The van der Waals surface area contributed by atoms with Crippen LogP contribution in [-0.4, -0.2) is 42.4 Å². The molecule has 0 radical (unpaired) electrons. The summed E-state index contributed by atoms with van der Waals surface area (Å²) in [5.74, 6) is -1.57. The maximum atomic E-state index is 11.1. The molecule has 0 aromatic rings. The van der Waals surface area contributed by atoms with Crippen molar-refractivity contribution in [1.29, 1.82) is 0 Å². The number of thioether (sulfide) groups is 1. The fourth-order valence-corrected chi connectivity index (χ4v) is 1.41. The summed E-state index contributed by atoms with van der Waals surface area (Å²) in [6, 6.07) is 0. The van der Waals surface area contributed by atoms with Gasteiger partial charge in [-0.05, 0) is 6.42 Å². The molecule has 0 bridgehead atoms. The largest absolute Gasteiger partial charge is 0.549 e. The van der Waals surface area contributed by atoms with Crippen LogP contribution in [0.25, 0.3) is 0 Å². The van der Waals surface area contributed by atoms with Gasteiger partial charge in [0.15, 0.2) is 0 Å². The zero-order valence-electron chi connectivity index (χ0n) is 9.08. The lowest BCUT2D eigenvalue weighted by Crippen LogP contribution is -2.30. The fraction of sp³-hybridized carbons (Fsp3) is 0.667. The summed E-state index contributed by atoms with van der Waals surface area (Å²) in [6.45, 7) is 2.40. The van der Waals surface area contributed by atoms with Crippen molar-refractivity contribution in [3.8, 4) is 0 Å². The van der Waals surface area contributed by atoms with Crippen LogP contribution in [-0.2, 0) is 14.4 Å². The number of amides is 2. The van der Waals surface area contributed by atoms with Crippen LogP contribution in [0.2, 0.25) is 0 Å². The first kappa shape index (κ1) is 14.8. The van der Waals surface area contributed by atoms with E-state index in [0.29, 0.717) is 19.5 Å². The van der Waals surface area contributed by atoms with E-state index in [1.807, 2.05) is 0 Å². The van der Waals surface area contributed by atoms with E-state index in [9.17, 15) is 19.5 Å². The molecule has 0 aromatic carbocycles. The van der Waals surface area contributed by atoms with Crippen LogP contribution in [0.1, 0.15) is 13.3 Å². The molecule has 0 aliphatic carbocycles. The molecule has 6 nitrogen and oxygen atoms in total. The van der Waals surface area contributed by atoms with Gasteiger partial charge in [0.1, 0.15) is 0 Å². The number of carboxylic acid groups (broad SMARTS) is 1. The van der Waals surface area contributed by atoms with Gasteiger partial charge in [0.05, 0.1) is 11.7 Å². The summed E-state index contributed by atoms with van der Waals surface area (Å²) in [7, 11) is 0. The summed E-state index contributed by atoms with van der Waals surface area (Å²) >= 11 is 0.994. The number of carbonyl (C=O) groups excluding carboxylic acids is 3. The highest BCUT2D eigenvalue weighted by atomic mass is 32.2. The Labute approximate surface area is 98.2 Å². The minimum absolute atomic E-state index is 0.101. The van der Waals surface area contributed by atoms with E-state index in [4.69, 9.17) is 0 Å². The van der Waals surface area contributed by atoms with Crippen LogP contribution in [0.3, 0.4) is 0 Å². The third kappa shape index (κ3) is 10.8. The van der Waals surface area contributed by atoms with Gasteiger partial charge in [-0.2, -0.15) is 0 Å². The quantitative estimate of drug-likeness (QED) is 0.489. The highest BCUT2D eigenvalue weighted by Crippen LogP contribution is 1.96. The molecule has 0 aromatic heterocycles. The molecule has 16 heavy (non-hydrogen) atoms. The van der Waals surface area contributed by atoms with Crippen molar-refractivity contribution in [2.45, 2.75) is 13.3 Å². The Bertz CT molecular complexity index is 258. The third-order valence-corrected chi connectivity index (χ3v) is 2.41. The minimum Gasteiger partial charge on any atom is -0.549 e. The minimum atomic E-state index is -1.18. The zero-order chi connectivity index (χ0) is 12.4. The molecule has 92 valence electrons. The Morgan fingerprint density at radius 1 is 1.12 bits per heavy atom. The van der Waals surface area contributed by atoms with Gasteiger partial charge in [-0.1, -0.05) is 0 Å². The van der Waals surface area contributed by atoms with E-state index in [-0.39, 0.29) is 23.3 Å². The second-order valence-corrected chi connectivity index (χ2v) is 4.04. The standard InChI is InChI=1S/C9H16N2O4S/c1-7(12)10-3-2-4-11-8(13)5-16-6-9(14)15/h2-6H2,1H3,(H,10,12)(H,11,13)(H,14,15)/p-1.